The van der Waals surface area contributed by atoms with Gasteiger partial charge in [0.2, 0.25) is 76.8 Å². The summed E-state index contributed by atoms with van der Waals surface area (Å²) < 4.78 is 0. The molecule has 11 atom stereocenters. The van der Waals surface area contributed by atoms with Crippen molar-refractivity contribution in [3.05, 3.63) is 90.0 Å². The summed E-state index contributed by atoms with van der Waals surface area (Å²) >= 11 is 1.45. The number of unbranched alkanes of at least 4 members (excludes halogenated alkanes) is 1. The van der Waals surface area contributed by atoms with Gasteiger partial charge in [0.05, 0.1) is 12.4 Å². The third kappa shape index (κ3) is 27.7. The van der Waals surface area contributed by atoms with Gasteiger partial charge in [-0.1, -0.05) is 74.5 Å². The van der Waals surface area contributed by atoms with Crippen LogP contribution in [0, 0.1) is 5.92 Å². The van der Waals surface area contributed by atoms with Gasteiger partial charge in [0.25, 0.3) is 0 Å². The van der Waals surface area contributed by atoms with Crippen molar-refractivity contribution in [2.24, 2.45) is 51.0 Å². The zero-order valence-electron chi connectivity index (χ0n) is 57.7. The number of aliphatic imine (C=N–C) groups is 1. The summed E-state index contributed by atoms with van der Waals surface area (Å²) in [6.45, 7) is 4.50. The van der Waals surface area contributed by atoms with Crippen molar-refractivity contribution in [3.63, 3.8) is 0 Å². The first-order valence-corrected chi connectivity index (χ1v) is 35.5. The number of nitrogens with two attached hydrogens (primary N) is 7. The second-order valence-corrected chi connectivity index (χ2v) is 26.7. The Morgan fingerprint density at radius 2 is 1.00 bits per heavy atom. The second-order valence-electron chi connectivity index (χ2n) is 25.7. The third-order valence-electron chi connectivity index (χ3n) is 17.2. The van der Waals surface area contributed by atoms with Crippen LogP contribution >= 0.6 is 11.8 Å². The molecule has 3 aromatic rings. The van der Waals surface area contributed by atoms with E-state index in [9.17, 15) is 57.5 Å². The maximum atomic E-state index is 15.0. The summed E-state index contributed by atoms with van der Waals surface area (Å²) in [5.41, 5.74) is 41.2. The number of aromatic nitrogens is 2. The van der Waals surface area contributed by atoms with Gasteiger partial charge in [-0.05, 0) is 119 Å². The molecule has 2 aromatic carbocycles. The van der Waals surface area contributed by atoms with Crippen LogP contribution in [0.1, 0.15) is 127 Å². The van der Waals surface area contributed by atoms with Gasteiger partial charge in [0, 0.05) is 63.6 Å². The summed E-state index contributed by atoms with van der Waals surface area (Å²) in [6, 6.07) is 2.78. The quantitative estimate of drug-likeness (QED) is 0.0149. The van der Waals surface area contributed by atoms with Crippen molar-refractivity contribution in [1.29, 1.82) is 0 Å². The Kier molecular flexibility index (Phi) is 34.4. The largest absolute Gasteiger partial charge is 0.370 e. The van der Waals surface area contributed by atoms with Crippen molar-refractivity contribution in [2.75, 3.05) is 38.2 Å². The van der Waals surface area contributed by atoms with Gasteiger partial charge in [-0.3, -0.25) is 67.3 Å². The number of nitrogens with one attached hydrogen (secondary N) is 9. The van der Waals surface area contributed by atoms with Crippen molar-refractivity contribution < 1.29 is 62.3 Å². The summed E-state index contributed by atoms with van der Waals surface area (Å²) in [7, 11) is 0. The average Bonchev–Trinajstić information content (AvgIpc) is 1.73. The van der Waals surface area contributed by atoms with Gasteiger partial charge in [-0.25, -0.2) is 4.98 Å². The van der Waals surface area contributed by atoms with Gasteiger partial charge in [-0.15, -0.1) is 0 Å². The van der Waals surface area contributed by atoms with E-state index in [1.807, 2.05) is 20.1 Å². The number of primary amides is 3. The van der Waals surface area contributed by atoms with Crippen molar-refractivity contribution >= 4 is 94.5 Å². The van der Waals surface area contributed by atoms with Crippen molar-refractivity contribution in [3.8, 4) is 0 Å². The second kappa shape index (κ2) is 42.4. The Hall–Kier alpha value is -9.70. The molecule has 23 N–H and O–H groups in total. The average molecular weight is 1430 g/mol. The van der Waals surface area contributed by atoms with Crippen LogP contribution in [0.3, 0.4) is 0 Å². The molecule has 554 valence electrons. The Morgan fingerprint density at radius 3 is 1.47 bits per heavy atom. The normalized spacial score (nSPS) is 16.9. The number of hydrogen-bond donors (Lipinski definition) is 16. The topological polar surface area (TPSA) is 548 Å². The fraction of sp³-hybridized carbons (Fsp3) is 0.567. The van der Waals surface area contributed by atoms with Gasteiger partial charge in [0.15, 0.2) is 5.96 Å². The maximum absolute atomic E-state index is 15.0. The Bertz CT molecular complexity index is 3290. The van der Waals surface area contributed by atoms with Gasteiger partial charge < -0.3 is 97.5 Å². The number of guanidine groups is 1. The van der Waals surface area contributed by atoms with E-state index >= 15 is 4.79 Å². The van der Waals surface area contributed by atoms with Crippen LogP contribution in [0.25, 0.3) is 0 Å². The summed E-state index contributed by atoms with van der Waals surface area (Å²) in [5, 5.41) is 21.6. The van der Waals surface area contributed by atoms with Crippen LogP contribution < -0.4 is 82.7 Å². The highest BCUT2D eigenvalue weighted by Crippen LogP contribution is 2.24. The fourth-order valence-corrected chi connectivity index (χ4v) is 12.3. The maximum Gasteiger partial charge on any atom is 0.245 e. The monoisotopic (exact) mass is 1430 g/mol. The first kappa shape index (κ1) is 82.0. The van der Waals surface area contributed by atoms with Crippen LogP contribution in [0.5, 0.6) is 0 Å². The van der Waals surface area contributed by atoms with Gasteiger partial charge >= 0.3 is 0 Å². The number of rotatable bonds is 44. The lowest BCUT2D eigenvalue weighted by Crippen LogP contribution is -2.61. The number of thioether (sulfide) groups is 1. The van der Waals surface area contributed by atoms with Crippen LogP contribution in [-0.2, 0) is 81.6 Å². The molecule has 2 saturated heterocycles. The lowest BCUT2D eigenvalue weighted by Gasteiger charge is -2.32. The van der Waals surface area contributed by atoms with Crippen LogP contribution in [0.2, 0.25) is 0 Å². The molecule has 13 amide bonds. The SMILES string of the molecule is CSCCC(NC(=O)C(CC(C)C)NC(=O)C(Cc1cnc[nH]1)NC(=O)C(Cc1ccccc1)NC(=O)C(Cc1ccccc1)NC(=O)C(CCC(N)=O)NC(=O)C(CCC(N)=O)NC(=O)C1CCCN1C(=O)C(CCCCN)NC(=O)C1CCCN1C(=O)C(N)CCCN=C(N)N)C(N)=O. The standard InChI is InChI=1S/C67H102N20O13S/c1-39(2)33-48(59(93)78-44(56(72)90)27-32-101-3)82-62(96)51(36-42-37-75-38-77-42)85-61(95)50(35-41-17-8-5-9-18-41)84-60(94)49(34-40-15-6-4-7-16-40)83-58(92)45(23-25-54(70)88)79-57(91)46(24-26-55(71)89)80-63(97)53-22-14-31-87(53)66(100)47(20-10-11-28-68)81-64(98)52-21-13-30-86(52)65(99)43(69)19-12-29-76-67(73)74/h4-9,15-18,37-39,43-53H,10-14,19-36,68-69H2,1-3H3,(H2,70,88)(H2,71,89)(H2,72,90)(H,75,77)(H,78,93)(H,79,91)(H,80,97)(H,81,98)(H,82,96)(H,83,92)(H,84,94)(H,85,95)(H4,73,74,76). The molecule has 2 aliphatic rings. The first-order chi connectivity index (χ1) is 48.2. The van der Waals surface area contributed by atoms with Crippen LogP contribution in [0.15, 0.2) is 78.2 Å². The molecule has 0 aliphatic carbocycles. The third-order valence-corrected chi connectivity index (χ3v) is 17.8. The minimum atomic E-state index is -1.67. The predicted molar refractivity (Wildman–Crippen MR) is 377 cm³/mol. The van der Waals surface area contributed by atoms with Crippen LogP contribution in [0.4, 0.5) is 0 Å². The molecule has 3 heterocycles. The van der Waals surface area contributed by atoms with E-state index in [1.54, 1.807) is 60.7 Å². The van der Waals surface area contributed by atoms with E-state index in [0.29, 0.717) is 61.1 Å². The van der Waals surface area contributed by atoms with E-state index in [0.717, 1.165) is 0 Å². The van der Waals surface area contributed by atoms with E-state index in [4.69, 9.17) is 40.1 Å². The number of likely N-dealkylation sites (tertiary alicyclic amines) is 2. The number of aromatic amines is 1. The molecule has 5 rings (SSSR count). The number of carbonyl (C=O) groups is 13. The summed E-state index contributed by atoms with van der Waals surface area (Å²) in [4.78, 5) is 195. The highest BCUT2D eigenvalue weighted by molar-refractivity contribution is 7.98. The van der Waals surface area contributed by atoms with Gasteiger partial charge in [0.1, 0.15) is 60.4 Å². The molecule has 101 heavy (non-hydrogen) atoms. The zero-order chi connectivity index (χ0) is 74.1. The summed E-state index contributed by atoms with van der Waals surface area (Å²) in [5.74, 6) is -10.1. The van der Waals surface area contributed by atoms with E-state index < -0.39 is 169 Å². The minimum Gasteiger partial charge on any atom is -0.370 e. The molecule has 0 spiro atoms. The number of H-pyrrole nitrogens is 1. The number of nitrogens with zero attached hydrogens (tertiary/aromatic N) is 4. The highest BCUT2D eigenvalue weighted by Gasteiger charge is 2.43. The fourth-order valence-electron chi connectivity index (χ4n) is 11.9. The van der Waals surface area contributed by atoms with Gasteiger partial charge in [-0.2, -0.15) is 11.8 Å². The molecule has 0 radical (unpaired) electrons. The van der Waals surface area contributed by atoms with E-state index in [2.05, 4.69) is 57.5 Å². The van der Waals surface area contributed by atoms with Crippen LogP contribution in [-0.4, -0.2) is 207 Å². The number of amides is 13. The molecule has 1 aromatic heterocycles. The predicted octanol–water partition coefficient (Wildman–Crippen LogP) is -3.38. The smallest absolute Gasteiger partial charge is 0.245 e. The first-order valence-electron chi connectivity index (χ1n) is 34.1. The van der Waals surface area contributed by atoms with E-state index in [1.165, 1.54) is 34.1 Å². The molecule has 2 fully saturated rings. The van der Waals surface area contributed by atoms with Crippen molar-refractivity contribution in [2.45, 2.75) is 196 Å². The number of benzene rings is 2. The Morgan fingerprint density at radius 1 is 0.545 bits per heavy atom. The summed E-state index contributed by atoms with van der Waals surface area (Å²) in [6.07, 6.45) is 5.50. The minimum absolute atomic E-state index is 0.0662. The highest BCUT2D eigenvalue weighted by atomic mass is 32.2. The molecule has 0 saturated carbocycles. The molecule has 0 bridgehead atoms. The van der Waals surface area contributed by atoms with E-state index in [-0.39, 0.29) is 89.4 Å². The number of imidazole rings is 1. The lowest BCUT2D eigenvalue weighted by atomic mass is 10.00. The Labute approximate surface area is 591 Å². The molecule has 33 nitrogen and oxygen atoms in total. The number of carbonyl (C=O) groups excluding carboxylic acids is 13. The zero-order valence-corrected chi connectivity index (χ0v) is 58.5. The van der Waals surface area contributed by atoms with Crippen molar-refractivity contribution in [1.82, 2.24) is 62.3 Å². The molecular formula is C67H102N20O13S. The molecule has 11 unspecified atom stereocenters. The molecular weight excluding hydrogens is 1320 g/mol. The molecule has 34 heteroatoms. The molecule has 2 aliphatic heterocycles. The number of hydrogen-bond acceptors (Lipinski definition) is 18. The lowest BCUT2D eigenvalue weighted by molar-refractivity contribution is -0.144. The Balaban J connectivity index is 1.39.